The highest BCUT2D eigenvalue weighted by Crippen LogP contribution is 2.36. The van der Waals surface area contributed by atoms with Gasteiger partial charge in [-0.1, -0.05) is 24.3 Å². The zero-order chi connectivity index (χ0) is 19.4. The van der Waals surface area contributed by atoms with Crippen LogP contribution in [-0.2, 0) is 6.42 Å². The topological polar surface area (TPSA) is 105 Å². The second-order valence-electron chi connectivity index (χ2n) is 6.26. The highest BCUT2D eigenvalue weighted by atomic mass is 32.1. The minimum atomic E-state index is -0.495. The molecule has 6 nitrogen and oxygen atoms in total. The van der Waals surface area contributed by atoms with Crippen molar-refractivity contribution in [2.75, 3.05) is 5.32 Å². The smallest absolute Gasteiger partial charge is 0.251 e. The highest BCUT2D eigenvalue weighted by Gasteiger charge is 2.16. The minimum absolute atomic E-state index is 0.0221. The predicted molar refractivity (Wildman–Crippen MR) is 107 cm³/mol. The van der Waals surface area contributed by atoms with Gasteiger partial charge >= 0.3 is 0 Å². The summed E-state index contributed by atoms with van der Waals surface area (Å²) in [6.45, 7) is 3.70. The number of carbonyl (C=O) groups excluding carboxylic acids is 1. The van der Waals surface area contributed by atoms with Crippen LogP contribution in [0.25, 0.3) is 10.4 Å². The fourth-order valence-corrected chi connectivity index (χ4v) is 3.73. The van der Waals surface area contributed by atoms with E-state index >= 15 is 0 Å². The maximum Gasteiger partial charge on any atom is 0.251 e. The molecule has 1 atom stereocenters. The summed E-state index contributed by atoms with van der Waals surface area (Å²) in [6.07, 6.45) is 2.37. The van der Waals surface area contributed by atoms with Crippen LogP contribution >= 0.6 is 11.3 Å². The van der Waals surface area contributed by atoms with Gasteiger partial charge in [-0.25, -0.2) is 9.97 Å². The Labute approximate surface area is 161 Å². The quantitative estimate of drug-likeness (QED) is 0.674. The number of hydrogen-bond acceptors (Lipinski definition) is 6. The van der Waals surface area contributed by atoms with Crippen molar-refractivity contribution >= 4 is 28.1 Å². The van der Waals surface area contributed by atoms with Crippen LogP contribution in [-0.4, -0.2) is 15.9 Å². The molecule has 1 amide bonds. The number of rotatable bonds is 6. The Morgan fingerprint density at radius 3 is 2.70 bits per heavy atom. The number of amides is 1. The number of nitrogens with zero attached hydrogens (tertiary/aromatic N) is 3. The summed E-state index contributed by atoms with van der Waals surface area (Å²) in [7, 11) is 0. The summed E-state index contributed by atoms with van der Waals surface area (Å²) in [5, 5.41) is 12.8. The fraction of sp³-hybridized carbons (Fsp3) is 0.200. The molecule has 2 aromatic heterocycles. The number of hydrogen-bond donors (Lipinski definition) is 2. The molecule has 0 aliphatic heterocycles. The number of nitrogens with one attached hydrogen (secondary N) is 1. The normalized spacial score (nSPS) is 11.6. The molecular weight excluding hydrogens is 358 g/mol. The number of anilines is 2. The largest absolute Gasteiger partial charge is 0.366 e. The molecule has 3 aromatic rings. The third-order valence-electron chi connectivity index (χ3n) is 4.02. The minimum Gasteiger partial charge on any atom is -0.366 e. The van der Waals surface area contributed by atoms with Crippen molar-refractivity contribution < 1.29 is 4.79 Å². The monoisotopic (exact) mass is 377 g/mol. The number of primary amides is 1. The molecule has 2 heterocycles. The van der Waals surface area contributed by atoms with Crippen LogP contribution in [0.4, 0.5) is 10.8 Å². The summed E-state index contributed by atoms with van der Waals surface area (Å²) in [4.78, 5) is 21.2. The zero-order valence-electron chi connectivity index (χ0n) is 15.1. The second kappa shape index (κ2) is 7.98. The van der Waals surface area contributed by atoms with Gasteiger partial charge in [-0.15, -0.1) is 11.3 Å². The van der Waals surface area contributed by atoms with E-state index in [1.54, 1.807) is 25.3 Å². The Balaban J connectivity index is 1.88. The van der Waals surface area contributed by atoms with Gasteiger partial charge in [-0.3, -0.25) is 4.79 Å². The maximum absolute atomic E-state index is 11.9. The number of carbonyl (C=O) groups is 1. The van der Waals surface area contributed by atoms with E-state index in [1.807, 2.05) is 31.2 Å². The lowest BCUT2D eigenvalue weighted by Gasteiger charge is -2.05. The van der Waals surface area contributed by atoms with E-state index in [0.29, 0.717) is 28.6 Å². The van der Waals surface area contributed by atoms with Gasteiger partial charge in [0.2, 0.25) is 0 Å². The van der Waals surface area contributed by atoms with Gasteiger partial charge in [0.25, 0.3) is 5.91 Å². The number of aryl methyl sites for hydroxylation is 1. The molecule has 1 unspecified atom stereocenters. The van der Waals surface area contributed by atoms with Gasteiger partial charge in [-0.2, -0.15) is 5.26 Å². The van der Waals surface area contributed by atoms with Crippen molar-refractivity contribution in [1.82, 2.24) is 9.97 Å². The van der Waals surface area contributed by atoms with E-state index in [-0.39, 0.29) is 5.92 Å². The second-order valence-corrected chi connectivity index (χ2v) is 7.32. The Morgan fingerprint density at radius 2 is 2.07 bits per heavy atom. The first-order valence-electron chi connectivity index (χ1n) is 8.45. The Morgan fingerprint density at radius 1 is 1.33 bits per heavy atom. The third kappa shape index (κ3) is 4.49. The van der Waals surface area contributed by atoms with Gasteiger partial charge in [-0.05, 0) is 43.5 Å². The van der Waals surface area contributed by atoms with Crippen molar-refractivity contribution in [1.29, 1.82) is 5.26 Å². The number of aromatic nitrogens is 2. The van der Waals surface area contributed by atoms with Crippen LogP contribution in [0.1, 0.15) is 28.7 Å². The van der Waals surface area contributed by atoms with Crippen LogP contribution in [0, 0.1) is 24.2 Å². The van der Waals surface area contributed by atoms with Crippen molar-refractivity contribution in [3.05, 3.63) is 59.5 Å². The Kier molecular flexibility index (Phi) is 5.48. The molecule has 27 heavy (non-hydrogen) atoms. The van der Waals surface area contributed by atoms with Gasteiger partial charge in [0, 0.05) is 17.0 Å². The fourth-order valence-electron chi connectivity index (χ4n) is 2.66. The van der Waals surface area contributed by atoms with E-state index < -0.39 is 5.91 Å². The number of nitriles is 1. The van der Waals surface area contributed by atoms with E-state index in [9.17, 15) is 4.79 Å². The van der Waals surface area contributed by atoms with E-state index in [0.717, 1.165) is 16.0 Å². The molecule has 0 saturated carbocycles. The van der Waals surface area contributed by atoms with E-state index in [4.69, 9.17) is 11.0 Å². The van der Waals surface area contributed by atoms with Crippen molar-refractivity contribution in [2.45, 2.75) is 20.3 Å². The summed E-state index contributed by atoms with van der Waals surface area (Å²) in [5.74, 6) is 0.732. The summed E-state index contributed by atoms with van der Waals surface area (Å²) < 4.78 is 0. The average molecular weight is 377 g/mol. The van der Waals surface area contributed by atoms with Crippen LogP contribution in [0.3, 0.4) is 0 Å². The Bertz CT molecular complexity index is 1000. The highest BCUT2D eigenvalue weighted by molar-refractivity contribution is 7.19. The molecule has 0 aliphatic rings. The van der Waals surface area contributed by atoms with Crippen LogP contribution in [0.5, 0.6) is 0 Å². The van der Waals surface area contributed by atoms with Crippen LogP contribution < -0.4 is 11.1 Å². The van der Waals surface area contributed by atoms with Crippen molar-refractivity contribution in [3.63, 3.8) is 0 Å². The lowest BCUT2D eigenvalue weighted by molar-refractivity contribution is 0.100. The summed E-state index contributed by atoms with van der Waals surface area (Å²) in [5.41, 5.74) is 8.07. The molecule has 0 aliphatic carbocycles. The molecule has 0 bridgehead atoms. The number of thiophene rings is 1. The standard InChI is InChI=1S/C20H19N5OS/c1-12(11-21)9-14-3-5-15(6-4-14)17-10-16(19(22)26)20(27-17)25-18-7-8-23-13(2)24-18/h3-8,10,12H,9H2,1-2H3,(H2,22,26)(H,23,24,25). The Hall–Kier alpha value is -3.24. The van der Waals surface area contributed by atoms with Crippen LogP contribution in [0.2, 0.25) is 0 Å². The molecule has 1 aromatic carbocycles. The van der Waals surface area contributed by atoms with E-state index in [2.05, 4.69) is 21.4 Å². The molecule has 136 valence electrons. The predicted octanol–water partition coefficient (Wildman–Crippen LogP) is 4.06. The summed E-state index contributed by atoms with van der Waals surface area (Å²) in [6, 6.07) is 13.8. The molecule has 0 fully saturated rings. The SMILES string of the molecule is Cc1nccc(Nc2sc(-c3ccc(CC(C)C#N)cc3)cc2C(N)=O)n1. The molecule has 3 rings (SSSR count). The van der Waals surface area contributed by atoms with Crippen molar-refractivity contribution in [2.24, 2.45) is 11.7 Å². The lowest BCUT2D eigenvalue weighted by Crippen LogP contribution is -2.11. The number of benzene rings is 1. The molecule has 0 saturated heterocycles. The van der Waals surface area contributed by atoms with Gasteiger partial charge < -0.3 is 11.1 Å². The molecular formula is C20H19N5OS. The zero-order valence-corrected chi connectivity index (χ0v) is 15.9. The summed E-state index contributed by atoms with van der Waals surface area (Å²) >= 11 is 1.44. The third-order valence-corrected chi connectivity index (χ3v) is 5.12. The van der Waals surface area contributed by atoms with Crippen molar-refractivity contribution in [3.8, 4) is 16.5 Å². The first-order chi connectivity index (χ1) is 13.0. The molecule has 7 heteroatoms. The average Bonchev–Trinajstić information content (AvgIpc) is 3.06. The number of nitrogens with two attached hydrogens (primary N) is 1. The van der Waals surface area contributed by atoms with Gasteiger partial charge in [0.1, 0.15) is 16.6 Å². The first-order valence-corrected chi connectivity index (χ1v) is 9.27. The first kappa shape index (κ1) is 18.5. The van der Waals surface area contributed by atoms with Gasteiger partial charge in [0.05, 0.1) is 11.6 Å². The molecule has 0 radical (unpaired) electrons. The maximum atomic E-state index is 11.9. The van der Waals surface area contributed by atoms with E-state index in [1.165, 1.54) is 11.3 Å². The molecule has 3 N–H and O–H groups in total. The van der Waals surface area contributed by atoms with Crippen LogP contribution in [0.15, 0.2) is 42.6 Å². The molecule has 0 spiro atoms. The van der Waals surface area contributed by atoms with Gasteiger partial charge in [0.15, 0.2) is 0 Å². The lowest BCUT2D eigenvalue weighted by atomic mass is 10.0.